The lowest BCUT2D eigenvalue weighted by Gasteiger charge is -2.27. The molecule has 0 spiro atoms. The molecule has 3 heteroatoms. The number of hydrogen-bond acceptors (Lipinski definition) is 2. The quantitative estimate of drug-likeness (QED) is 0.777. The third-order valence-corrected chi connectivity index (χ3v) is 3.64. The van der Waals surface area contributed by atoms with Crippen molar-refractivity contribution in [3.8, 4) is 0 Å². The van der Waals surface area contributed by atoms with Crippen LogP contribution < -0.4 is 0 Å². The monoisotopic (exact) mass is 268 g/mol. The highest BCUT2D eigenvalue weighted by Crippen LogP contribution is 2.28. The number of ether oxygens (including phenoxy) is 2. The van der Waals surface area contributed by atoms with Crippen LogP contribution in [0.5, 0.6) is 0 Å². The Morgan fingerprint density at radius 3 is 2.50 bits per heavy atom. The van der Waals surface area contributed by atoms with E-state index in [1.807, 2.05) is 0 Å². The normalized spacial score (nSPS) is 22.1. The fraction of sp³-hybridized carbons (Fsp3) is 0.600. The van der Waals surface area contributed by atoms with E-state index in [1.165, 1.54) is 5.56 Å². The number of hydrogen-bond donors (Lipinski definition) is 0. The van der Waals surface area contributed by atoms with E-state index >= 15 is 0 Å². The molecule has 1 aromatic rings. The predicted octanol–water partition coefficient (Wildman–Crippen LogP) is 3.58. The standard InChI is InChI=1S/C15H21ClO2/c1-11(2)9-12-3-5-13(6-4-12)15(16)14-10-17-7-8-18-14/h3-6,11,14-15H,7-10H2,1-2H3. The van der Waals surface area contributed by atoms with Gasteiger partial charge in [-0.1, -0.05) is 38.1 Å². The van der Waals surface area contributed by atoms with Gasteiger partial charge in [-0.2, -0.15) is 0 Å². The molecule has 1 aromatic carbocycles. The van der Waals surface area contributed by atoms with Crippen molar-refractivity contribution in [1.82, 2.24) is 0 Å². The molecule has 1 heterocycles. The van der Waals surface area contributed by atoms with E-state index in [-0.39, 0.29) is 11.5 Å². The molecule has 18 heavy (non-hydrogen) atoms. The molecule has 2 unspecified atom stereocenters. The zero-order chi connectivity index (χ0) is 13.0. The molecule has 0 aromatic heterocycles. The highest BCUT2D eigenvalue weighted by Gasteiger charge is 2.24. The molecule has 2 atom stereocenters. The first kappa shape index (κ1) is 13.9. The summed E-state index contributed by atoms with van der Waals surface area (Å²) in [4.78, 5) is 0. The van der Waals surface area contributed by atoms with E-state index in [0.717, 1.165) is 12.0 Å². The second kappa shape index (κ2) is 6.55. The summed E-state index contributed by atoms with van der Waals surface area (Å²) in [6.45, 7) is 6.35. The molecule has 1 saturated heterocycles. The first-order chi connectivity index (χ1) is 8.66. The summed E-state index contributed by atoms with van der Waals surface area (Å²) in [6, 6.07) is 8.53. The van der Waals surface area contributed by atoms with Gasteiger partial charge < -0.3 is 9.47 Å². The molecular formula is C15H21ClO2. The van der Waals surface area contributed by atoms with E-state index in [0.29, 0.717) is 25.7 Å². The highest BCUT2D eigenvalue weighted by atomic mass is 35.5. The van der Waals surface area contributed by atoms with Crippen molar-refractivity contribution in [2.24, 2.45) is 5.92 Å². The zero-order valence-electron chi connectivity index (χ0n) is 11.1. The zero-order valence-corrected chi connectivity index (χ0v) is 11.8. The maximum Gasteiger partial charge on any atom is 0.101 e. The van der Waals surface area contributed by atoms with Gasteiger partial charge in [0.25, 0.3) is 0 Å². The van der Waals surface area contributed by atoms with Gasteiger partial charge in [0.05, 0.1) is 25.2 Å². The van der Waals surface area contributed by atoms with Gasteiger partial charge in [-0.05, 0) is 23.5 Å². The molecule has 1 fully saturated rings. The van der Waals surface area contributed by atoms with Crippen LogP contribution in [-0.4, -0.2) is 25.9 Å². The molecule has 2 nitrogen and oxygen atoms in total. The Balaban J connectivity index is 1.99. The molecular weight excluding hydrogens is 248 g/mol. The van der Waals surface area contributed by atoms with Gasteiger partial charge in [0.15, 0.2) is 0 Å². The Kier molecular flexibility index (Phi) is 5.04. The molecule has 0 radical (unpaired) electrons. The summed E-state index contributed by atoms with van der Waals surface area (Å²) in [5.74, 6) is 0.678. The summed E-state index contributed by atoms with van der Waals surface area (Å²) in [6.07, 6.45) is 1.08. The average molecular weight is 269 g/mol. The summed E-state index contributed by atoms with van der Waals surface area (Å²) < 4.78 is 11.0. The van der Waals surface area contributed by atoms with Gasteiger partial charge in [-0.25, -0.2) is 0 Å². The Morgan fingerprint density at radius 1 is 1.22 bits per heavy atom. The molecule has 0 saturated carbocycles. The lowest BCUT2D eigenvalue weighted by molar-refractivity contribution is -0.0892. The molecule has 100 valence electrons. The van der Waals surface area contributed by atoms with Crippen molar-refractivity contribution in [2.75, 3.05) is 19.8 Å². The number of benzene rings is 1. The van der Waals surface area contributed by atoms with Crippen LogP contribution >= 0.6 is 11.6 Å². The Hall–Kier alpha value is -0.570. The lowest BCUT2D eigenvalue weighted by Crippen LogP contribution is -2.31. The third-order valence-electron chi connectivity index (χ3n) is 3.11. The summed E-state index contributed by atoms with van der Waals surface area (Å²) >= 11 is 6.44. The number of halogens is 1. The van der Waals surface area contributed by atoms with Gasteiger partial charge in [-0.3, -0.25) is 0 Å². The molecule has 0 amide bonds. The van der Waals surface area contributed by atoms with Crippen molar-refractivity contribution in [3.63, 3.8) is 0 Å². The molecule has 2 rings (SSSR count). The minimum atomic E-state index is -0.126. The van der Waals surface area contributed by atoms with Crippen molar-refractivity contribution in [3.05, 3.63) is 35.4 Å². The largest absolute Gasteiger partial charge is 0.376 e. The molecule has 1 aliphatic rings. The highest BCUT2D eigenvalue weighted by molar-refractivity contribution is 6.21. The molecule has 0 N–H and O–H groups in total. The Bertz CT molecular complexity index is 355. The maximum atomic E-state index is 6.44. The minimum Gasteiger partial charge on any atom is -0.376 e. The maximum absolute atomic E-state index is 6.44. The average Bonchev–Trinajstić information content (AvgIpc) is 2.39. The van der Waals surface area contributed by atoms with Crippen LogP contribution in [-0.2, 0) is 15.9 Å². The second-order valence-corrected chi connectivity index (χ2v) is 5.70. The minimum absolute atomic E-state index is 0.0311. The predicted molar refractivity (Wildman–Crippen MR) is 74.1 cm³/mol. The van der Waals surface area contributed by atoms with Crippen LogP contribution in [0.2, 0.25) is 0 Å². The van der Waals surface area contributed by atoms with Crippen molar-refractivity contribution in [2.45, 2.75) is 31.7 Å². The summed E-state index contributed by atoms with van der Waals surface area (Å²) in [5.41, 5.74) is 2.47. The number of rotatable bonds is 4. The summed E-state index contributed by atoms with van der Waals surface area (Å²) in [7, 11) is 0. The first-order valence-corrected chi connectivity index (χ1v) is 7.02. The van der Waals surface area contributed by atoms with Gasteiger partial charge in [0.2, 0.25) is 0 Å². The van der Waals surface area contributed by atoms with Crippen LogP contribution in [0, 0.1) is 5.92 Å². The van der Waals surface area contributed by atoms with Crippen LogP contribution in [0.15, 0.2) is 24.3 Å². The van der Waals surface area contributed by atoms with Crippen molar-refractivity contribution in [1.29, 1.82) is 0 Å². The Morgan fingerprint density at radius 2 is 1.94 bits per heavy atom. The second-order valence-electron chi connectivity index (χ2n) is 5.23. The third kappa shape index (κ3) is 3.71. The fourth-order valence-electron chi connectivity index (χ4n) is 2.20. The van der Waals surface area contributed by atoms with E-state index in [1.54, 1.807) is 0 Å². The van der Waals surface area contributed by atoms with Crippen molar-refractivity contribution >= 4 is 11.6 Å². The van der Waals surface area contributed by atoms with Gasteiger partial charge in [0.1, 0.15) is 6.10 Å². The van der Waals surface area contributed by atoms with Crippen LogP contribution in [0.25, 0.3) is 0 Å². The van der Waals surface area contributed by atoms with E-state index in [4.69, 9.17) is 21.1 Å². The van der Waals surface area contributed by atoms with Crippen molar-refractivity contribution < 1.29 is 9.47 Å². The molecule has 1 aliphatic heterocycles. The van der Waals surface area contributed by atoms with E-state index in [2.05, 4.69) is 38.1 Å². The SMILES string of the molecule is CC(C)Cc1ccc(C(Cl)C2COCCO2)cc1. The van der Waals surface area contributed by atoms with E-state index < -0.39 is 0 Å². The van der Waals surface area contributed by atoms with Crippen LogP contribution in [0.4, 0.5) is 0 Å². The first-order valence-electron chi connectivity index (χ1n) is 6.59. The molecule has 0 bridgehead atoms. The van der Waals surface area contributed by atoms with Crippen LogP contribution in [0.1, 0.15) is 30.4 Å². The van der Waals surface area contributed by atoms with Gasteiger partial charge in [0, 0.05) is 0 Å². The number of alkyl halides is 1. The molecule has 0 aliphatic carbocycles. The van der Waals surface area contributed by atoms with Gasteiger partial charge in [-0.15, -0.1) is 11.6 Å². The van der Waals surface area contributed by atoms with Gasteiger partial charge >= 0.3 is 0 Å². The fourth-order valence-corrected chi connectivity index (χ4v) is 2.49. The smallest absolute Gasteiger partial charge is 0.101 e. The van der Waals surface area contributed by atoms with Crippen LogP contribution in [0.3, 0.4) is 0 Å². The van der Waals surface area contributed by atoms with E-state index in [9.17, 15) is 0 Å². The lowest BCUT2D eigenvalue weighted by atomic mass is 10.00. The summed E-state index contributed by atoms with van der Waals surface area (Å²) in [5, 5.41) is -0.126. The Labute approximate surface area is 114 Å². The topological polar surface area (TPSA) is 18.5 Å².